The molecule has 1 nitrogen and oxygen atoms in total. The second kappa shape index (κ2) is 3.94. The average molecular weight is 227 g/mol. The lowest BCUT2D eigenvalue weighted by Gasteiger charge is -2.07. The van der Waals surface area contributed by atoms with E-state index in [1.165, 1.54) is 0 Å². The van der Waals surface area contributed by atoms with Crippen molar-refractivity contribution in [3.05, 3.63) is 27.7 Å². The molecule has 0 aliphatic heterocycles. The molecule has 1 aromatic carbocycles. The van der Waals surface area contributed by atoms with E-state index >= 15 is 0 Å². The Bertz CT molecular complexity index is 256. The minimum atomic E-state index is 0.711. The molecule has 0 atom stereocenters. The molecular formula is C10H13BrN. The smallest absolute Gasteiger partial charge is 0.0604 e. The predicted octanol–water partition coefficient (Wildman–Crippen LogP) is 3.49. The van der Waals surface area contributed by atoms with Crippen molar-refractivity contribution < 1.29 is 0 Å². The van der Waals surface area contributed by atoms with Crippen LogP contribution in [0, 0.1) is 0 Å². The quantitative estimate of drug-likeness (QED) is 0.738. The number of nitrogens with one attached hydrogen (secondary N) is 1. The van der Waals surface area contributed by atoms with E-state index in [-0.39, 0.29) is 0 Å². The summed E-state index contributed by atoms with van der Waals surface area (Å²) in [7, 11) is 0. The van der Waals surface area contributed by atoms with Gasteiger partial charge in [-0.15, -0.1) is 0 Å². The molecule has 0 bridgehead atoms. The molecule has 0 spiro atoms. The second-order valence-electron chi connectivity index (χ2n) is 2.81. The highest BCUT2D eigenvalue weighted by Crippen LogP contribution is 2.25. The van der Waals surface area contributed by atoms with Crippen LogP contribution in [-0.2, 0) is 12.8 Å². The predicted molar refractivity (Wildman–Crippen MR) is 55.7 cm³/mol. The molecule has 0 saturated heterocycles. The molecule has 2 heteroatoms. The molecule has 1 N–H and O–H groups in total. The van der Waals surface area contributed by atoms with E-state index in [4.69, 9.17) is 5.73 Å². The molecule has 12 heavy (non-hydrogen) atoms. The number of hydrogen-bond acceptors (Lipinski definition) is 0. The summed E-state index contributed by atoms with van der Waals surface area (Å²) in [6.45, 7) is 4.17. The zero-order chi connectivity index (χ0) is 9.14. The third kappa shape index (κ3) is 1.81. The van der Waals surface area contributed by atoms with Gasteiger partial charge in [0.2, 0.25) is 0 Å². The lowest BCUT2D eigenvalue weighted by molar-refractivity contribution is 1.07. The summed E-state index contributed by atoms with van der Waals surface area (Å²) < 4.78 is 1.09. The first-order valence-corrected chi connectivity index (χ1v) is 5.01. The third-order valence-electron chi connectivity index (χ3n) is 2.03. The molecule has 1 rings (SSSR count). The first-order chi connectivity index (χ1) is 5.69. The van der Waals surface area contributed by atoms with E-state index in [1.54, 1.807) is 0 Å². The fraction of sp³-hybridized carbons (Fsp3) is 0.400. The number of halogens is 1. The normalized spacial score (nSPS) is 10.2. The van der Waals surface area contributed by atoms with E-state index in [2.05, 4.69) is 29.8 Å². The van der Waals surface area contributed by atoms with Crippen molar-refractivity contribution in [1.29, 1.82) is 0 Å². The molecule has 1 radical (unpaired) electrons. The third-order valence-corrected chi connectivity index (χ3v) is 2.49. The lowest BCUT2D eigenvalue weighted by Crippen LogP contribution is -1.91. The number of hydrogen-bond donors (Lipinski definition) is 0. The van der Waals surface area contributed by atoms with Gasteiger partial charge in [-0.3, -0.25) is 0 Å². The van der Waals surface area contributed by atoms with Crippen LogP contribution in [0.5, 0.6) is 0 Å². The van der Waals surface area contributed by atoms with Crippen molar-refractivity contribution in [2.45, 2.75) is 26.7 Å². The van der Waals surface area contributed by atoms with Crippen molar-refractivity contribution >= 4 is 21.6 Å². The van der Waals surface area contributed by atoms with Gasteiger partial charge >= 0.3 is 0 Å². The lowest BCUT2D eigenvalue weighted by atomic mass is 10.0. The van der Waals surface area contributed by atoms with Gasteiger partial charge in [0.25, 0.3) is 0 Å². The van der Waals surface area contributed by atoms with Crippen LogP contribution in [0.1, 0.15) is 25.0 Å². The van der Waals surface area contributed by atoms with Crippen LogP contribution in [0.2, 0.25) is 0 Å². The Balaban J connectivity index is 3.22. The number of rotatable bonds is 2. The average Bonchev–Trinajstić information content (AvgIpc) is 2.08. The van der Waals surface area contributed by atoms with Gasteiger partial charge in [-0.05, 0) is 36.1 Å². The summed E-state index contributed by atoms with van der Waals surface area (Å²) in [6, 6.07) is 4.06. The molecule has 1 aromatic rings. The SMILES string of the molecule is CCc1cc(Br)cc(CC)c1[NH]. The van der Waals surface area contributed by atoms with Crippen molar-refractivity contribution in [2.75, 3.05) is 0 Å². The van der Waals surface area contributed by atoms with Gasteiger partial charge < -0.3 is 5.73 Å². The molecule has 0 aliphatic carbocycles. The molecular weight excluding hydrogens is 214 g/mol. The number of aryl methyl sites for hydroxylation is 2. The fourth-order valence-corrected chi connectivity index (χ4v) is 1.84. The Morgan fingerprint density at radius 3 is 1.92 bits per heavy atom. The van der Waals surface area contributed by atoms with Gasteiger partial charge in [-0.1, -0.05) is 29.8 Å². The van der Waals surface area contributed by atoms with Crippen molar-refractivity contribution in [3.63, 3.8) is 0 Å². The van der Waals surface area contributed by atoms with Gasteiger partial charge in [-0.25, -0.2) is 0 Å². The van der Waals surface area contributed by atoms with E-state index < -0.39 is 0 Å². The standard InChI is InChI=1S/C10H13BrN/c1-3-7-5-9(11)6-8(4-2)10(7)12/h5-6,12H,3-4H2,1-2H3. The van der Waals surface area contributed by atoms with Crippen molar-refractivity contribution in [3.8, 4) is 0 Å². The van der Waals surface area contributed by atoms with Crippen LogP contribution in [0.25, 0.3) is 0 Å². The van der Waals surface area contributed by atoms with Gasteiger partial charge in [0.05, 0.1) is 5.69 Å². The Hall–Kier alpha value is -0.500. The molecule has 0 aromatic heterocycles. The topological polar surface area (TPSA) is 23.8 Å². The summed E-state index contributed by atoms with van der Waals surface area (Å²) in [4.78, 5) is 0. The van der Waals surface area contributed by atoms with Crippen LogP contribution >= 0.6 is 15.9 Å². The molecule has 65 valence electrons. The van der Waals surface area contributed by atoms with E-state index in [9.17, 15) is 0 Å². The fourth-order valence-electron chi connectivity index (χ4n) is 1.28. The summed E-state index contributed by atoms with van der Waals surface area (Å²) in [6.07, 6.45) is 1.87. The van der Waals surface area contributed by atoms with E-state index in [1.807, 2.05) is 12.1 Å². The molecule has 0 saturated carbocycles. The maximum absolute atomic E-state index is 7.82. The Kier molecular flexibility index (Phi) is 3.15. The van der Waals surface area contributed by atoms with Crippen LogP contribution in [0.4, 0.5) is 5.69 Å². The van der Waals surface area contributed by atoms with Gasteiger partial charge in [0, 0.05) is 4.47 Å². The molecule has 0 heterocycles. The summed E-state index contributed by atoms with van der Waals surface area (Å²) in [5.41, 5.74) is 10.8. The Labute approximate surface area is 82.1 Å². The summed E-state index contributed by atoms with van der Waals surface area (Å²) >= 11 is 3.45. The molecule has 0 aliphatic rings. The van der Waals surface area contributed by atoms with Crippen LogP contribution in [0.3, 0.4) is 0 Å². The highest BCUT2D eigenvalue weighted by Gasteiger charge is 2.04. The van der Waals surface area contributed by atoms with E-state index in [0.29, 0.717) is 5.69 Å². The molecule has 0 amide bonds. The Morgan fingerprint density at radius 2 is 1.58 bits per heavy atom. The summed E-state index contributed by atoms with van der Waals surface area (Å²) in [5.74, 6) is 0. The second-order valence-corrected chi connectivity index (χ2v) is 3.72. The zero-order valence-corrected chi connectivity index (χ0v) is 9.03. The summed E-state index contributed by atoms with van der Waals surface area (Å²) in [5, 5.41) is 0. The van der Waals surface area contributed by atoms with Gasteiger partial charge in [-0.2, -0.15) is 0 Å². The van der Waals surface area contributed by atoms with Gasteiger partial charge in [0.15, 0.2) is 0 Å². The highest BCUT2D eigenvalue weighted by atomic mass is 79.9. The highest BCUT2D eigenvalue weighted by molar-refractivity contribution is 9.10. The number of benzene rings is 1. The first-order valence-electron chi connectivity index (χ1n) is 4.22. The zero-order valence-electron chi connectivity index (χ0n) is 7.45. The minimum Gasteiger partial charge on any atom is -0.300 e. The largest absolute Gasteiger partial charge is 0.300 e. The van der Waals surface area contributed by atoms with E-state index in [0.717, 1.165) is 28.4 Å². The maximum atomic E-state index is 7.82. The van der Waals surface area contributed by atoms with Crippen LogP contribution < -0.4 is 5.73 Å². The maximum Gasteiger partial charge on any atom is 0.0604 e. The van der Waals surface area contributed by atoms with Crippen LogP contribution in [-0.4, -0.2) is 0 Å². The molecule has 0 fully saturated rings. The molecule has 0 unspecified atom stereocenters. The Morgan fingerprint density at radius 1 is 1.17 bits per heavy atom. The first kappa shape index (κ1) is 9.59. The monoisotopic (exact) mass is 226 g/mol. The van der Waals surface area contributed by atoms with Gasteiger partial charge in [0.1, 0.15) is 0 Å². The van der Waals surface area contributed by atoms with Crippen molar-refractivity contribution in [1.82, 2.24) is 5.73 Å². The van der Waals surface area contributed by atoms with Crippen LogP contribution in [0.15, 0.2) is 16.6 Å². The minimum absolute atomic E-state index is 0.711. The van der Waals surface area contributed by atoms with Crippen molar-refractivity contribution in [2.24, 2.45) is 0 Å².